The van der Waals surface area contributed by atoms with Gasteiger partial charge in [0.15, 0.2) is 11.6 Å². The summed E-state index contributed by atoms with van der Waals surface area (Å²) < 4.78 is 13.3. The molecule has 0 fully saturated rings. The van der Waals surface area contributed by atoms with Crippen molar-refractivity contribution in [3.05, 3.63) is 29.6 Å². The summed E-state index contributed by atoms with van der Waals surface area (Å²) in [5.41, 5.74) is 0.887. The molecule has 1 unspecified atom stereocenters. The summed E-state index contributed by atoms with van der Waals surface area (Å²) in [6.45, 7) is 6.85. The molecule has 4 heteroatoms. The van der Waals surface area contributed by atoms with Gasteiger partial charge in [0, 0.05) is 19.1 Å². The number of hydrogen-bond donors (Lipinski definition) is 1. The van der Waals surface area contributed by atoms with Crippen molar-refractivity contribution in [1.29, 1.82) is 0 Å². The maximum Gasteiger partial charge on any atom is 0.165 e. The zero-order valence-electron chi connectivity index (χ0n) is 11.7. The molecule has 0 aliphatic heterocycles. The summed E-state index contributed by atoms with van der Waals surface area (Å²) in [5, 5.41) is 9.17. The van der Waals surface area contributed by atoms with E-state index in [1.165, 1.54) is 12.1 Å². The maximum atomic E-state index is 13.3. The molecule has 1 aromatic rings. The van der Waals surface area contributed by atoms with Crippen molar-refractivity contribution in [2.75, 3.05) is 27.2 Å². The minimum Gasteiger partial charge on any atom is -0.505 e. The maximum absolute atomic E-state index is 13.3. The van der Waals surface area contributed by atoms with E-state index in [9.17, 15) is 4.39 Å². The van der Waals surface area contributed by atoms with Crippen LogP contribution in [0, 0.1) is 5.82 Å². The van der Waals surface area contributed by atoms with E-state index in [-0.39, 0.29) is 5.75 Å². The molecule has 0 amide bonds. The lowest BCUT2D eigenvalue weighted by molar-refractivity contribution is 0.174. The molecule has 0 saturated carbocycles. The zero-order valence-corrected chi connectivity index (χ0v) is 11.7. The van der Waals surface area contributed by atoms with Gasteiger partial charge in [0.05, 0.1) is 0 Å². The van der Waals surface area contributed by atoms with E-state index >= 15 is 0 Å². The third-order valence-corrected chi connectivity index (χ3v) is 3.06. The standard InChI is InChI=1S/C14H23FN2O/c1-5-17(11(2)9-16(3)4)10-12-6-7-14(18)13(15)8-12/h6-8,11,18H,5,9-10H2,1-4H3. The highest BCUT2D eigenvalue weighted by Gasteiger charge is 2.14. The predicted octanol–water partition coefficient (Wildman–Crippen LogP) is 2.30. The first kappa shape index (κ1) is 14.9. The van der Waals surface area contributed by atoms with Gasteiger partial charge in [-0.25, -0.2) is 4.39 Å². The molecule has 1 N–H and O–H groups in total. The molecule has 18 heavy (non-hydrogen) atoms. The lowest BCUT2D eigenvalue weighted by atomic mass is 10.1. The van der Waals surface area contributed by atoms with Crippen LogP contribution in [0.25, 0.3) is 0 Å². The largest absolute Gasteiger partial charge is 0.505 e. The first-order valence-electron chi connectivity index (χ1n) is 6.30. The molecule has 1 atom stereocenters. The van der Waals surface area contributed by atoms with Crippen LogP contribution >= 0.6 is 0 Å². The van der Waals surface area contributed by atoms with Crippen LogP contribution in [-0.2, 0) is 6.54 Å². The molecule has 0 heterocycles. The molecule has 0 aliphatic rings. The van der Waals surface area contributed by atoms with Gasteiger partial charge in [0.2, 0.25) is 0 Å². The van der Waals surface area contributed by atoms with E-state index in [1.807, 2.05) is 14.1 Å². The molecule has 1 aromatic carbocycles. The van der Waals surface area contributed by atoms with Gasteiger partial charge in [-0.2, -0.15) is 0 Å². The number of benzene rings is 1. The Morgan fingerprint density at radius 3 is 2.50 bits per heavy atom. The fourth-order valence-electron chi connectivity index (χ4n) is 2.11. The molecule has 0 bridgehead atoms. The summed E-state index contributed by atoms with van der Waals surface area (Å²) in [5.74, 6) is -0.841. The van der Waals surface area contributed by atoms with Crippen LogP contribution in [-0.4, -0.2) is 48.1 Å². The van der Waals surface area contributed by atoms with Gasteiger partial charge < -0.3 is 10.0 Å². The highest BCUT2D eigenvalue weighted by molar-refractivity contribution is 5.27. The molecule has 0 aromatic heterocycles. The van der Waals surface area contributed by atoms with E-state index in [1.54, 1.807) is 6.07 Å². The smallest absolute Gasteiger partial charge is 0.165 e. The minimum atomic E-state index is -0.552. The van der Waals surface area contributed by atoms with Crippen molar-refractivity contribution in [3.8, 4) is 5.75 Å². The second kappa shape index (κ2) is 6.71. The SMILES string of the molecule is CCN(Cc1ccc(O)c(F)c1)C(C)CN(C)C. The fourth-order valence-corrected chi connectivity index (χ4v) is 2.11. The fraction of sp³-hybridized carbons (Fsp3) is 0.571. The van der Waals surface area contributed by atoms with Gasteiger partial charge in [0.25, 0.3) is 0 Å². The topological polar surface area (TPSA) is 26.7 Å². The van der Waals surface area contributed by atoms with Crippen LogP contribution in [0.2, 0.25) is 0 Å². The van der Waals surface area contributed by atoms with Crippen molar-refractivity contribution in [2.24, 2.45) is 0 Å². The zero-order chi connectivity index (χ0) is 13.7. The summed E-state index contributed by atoms with van der Waals surface area (Å²) in [4.78, 5) is 4.43. The quantitative estimate of drug-likeness (QED) is 0.844. The molecule has 0 saturated heterocycles. The molecule has 3 nitrogen and oxygen atoms in total. The number of phenols is 1. The van der Waals surface area contributed by atoms with Crippen molar-refractivity contribution >= 4 is 0 Å². The second-order valence-corrected chi connectivity index (χ2v) is 4.96. The first-order chi connectivity index (χ1) is 8.43. The van der Waals surface area contributed by atoms with E-state index in [0.29, 0.717) is 12.6 Å². The molecule has 0 radical (unpaired) electrons. The third-order valence-electron chi connectivity index (χ3n) is 3.06. The van der Waals surface area contributed by atoms with Crippen LogP contribution in [0.3, 0.4) is 0 Å². The average Bonchev–Trinajstić information content (AvgIpc) is 2.29. The van der Waals surface area contributed by atoms with Crippen LogP contribution in [0.1, 0.15) is 19.4 Å². The number of halogens is 1. The van der Waals surface area contributed by atoms with Gasteiger partial charge in [-0.3, -0.25) is 4.90 Å². The number of aromatic hydroxyl groups is 1. The Hall–Kier alpha value is -1.13. The Labute approximate surface area is 109 Å². The van der Waals surface area contributed by atoms with Crippen molar-refractivity contribution in [2.45, 2.75) is 26.4 Å². The summed E-state index contributed by atoms with van der Waals surface area (Å²) in [6.07, 6.45) is 0. The first-order valence-corrected chi connectivity index (χ1v) is 6.30. The van der Waals surface area contributed by atoms with Crippen LogP contribution in [0.15, 0.2) is 18.2 Å². The van der Waals surface area contributed by atoms with Crippen LogP contribution in [0.4, 0.5) is 4.39 Å². The Morgan fingerprint density at radius 2 is 2.00 bits per heavy atom. The highest BCUT2D eigenvalue weighted by Crippen LogP contribution is 2.18. The molecule has 0 spiro atoms. The number of phenolic OH excluding ortho intramolecular Hbond substituents is 1. The Morgan fingerprint density at radius 1 is 1.33 bits per heavy atom. The summed E-state index contributed by atoms with van der Waals surface area (Å²) in [6, 6.07) is 4.99. The van der Waals surface area contributed by atoms with Crippen molar-refractivity contribution < 1.29 is 9.50 Å². The predicted molar refractivity (Wildman–Crippen MR) is 72.2 cm³/mol. The van der Waals surface area contributed by atoms with Gasteiger partial charge in [-0.1, -0.05) is 13.0 Å². The van der Waals surface area contributed by atoms with E-state index in [0.717, 1.165) is 18.7 Å². The van der Waals surface area contributed by atoms with Crippen molar-refractivity contribution in [3.63, 3.8) is 0 Å². The minimum absolute atomic E-state index is 0.289. The van der Waals surface area contributed by atoms with Crippen molar-refractivity contribution in [1.82, 2.24) is 9.80 Å². The average molecular weight is 254 g/mol. The van der Waals surface area contributed by atoms with E-state index in [2.05, 4.69) is 23.6 Å². The normalized spacial score (nSPS) is 13.3. The van der Waals surface area contributed by atoms with E-state index < -0.39 is 5.82 Å². The molecule has 102 valence electrons. The van der Waals surface area contributed by atoms with Crippen LogP contribution in [0.5, 0.6) is 5.75 Å². The molecular formula is C14H23FN2O. The number of rotatable bonds is 6. The third kappa shape index (κ3) is 4.27. The second-order valence-electron chi connectivity index (χ2n) is 4.96. The lowest BCUT2D eigenvalue weighted by Gasteiger charge is -2.30. The monoisotopic (exact) mass is 254 g/mol. The van der Waals surface area contributed by atoms with Crippen LogP contribution < -0.4 is 0 Å². The Kier molecular flexibility index (Phi) is 5.56. The van der Waals surface area contributed by atoms with Gasteiger partial charge in [0.1, 0.15) is 0 Å². The van der Waals surface area contributed by atoms with Gasteiger partial charge >= 0.3 is 0 Å². The number of hydrogen-bond acceptors (Lipinski definition) is 3. The summed E-state index contributed by atoms with van der Waals surface area (Å²) in [7, 11) is 4.09. The van der Waals surface area contributed by atoms with E-state index in [4.69, 9.17) is 5.11 Å². The lowest BCUT2D eigenvalue weighted by Crippen LogP contribution is -2.39. The van der Waals surface area contributed by atoms with Gasteiger partial charge in [-0.15, -0.1) is 0 Å². The number of likely N-dealkylation sites (N-methyl/N-ethyl adjacent to an activating group) is 2. The molecule has 0 aliphatic carbocycles. The summed E-state index contributed by atoms with van der Waals surface area (Å²) >= 11 is 0. The van der Waals surface area contributed by atoms with Gasteiger partial charge in [-0.05, 0) is 45.3 Å². The highest BCUT2D eigenvalue weighted by atomic mass is 19.1. The Balaban J connectivity index is 2.70. The Bertz CT molecular complexity index is 382. The molecular weight excluding hydrogens is 231 g/mol. The molecule has 1 rings (SSSR count). The number of nitrogens with zero attached hydrogens (tertiary/aromatic N) is 2.